The number of nitrogen functional groups attached to an aromatic ring is 1. The molecule has 2 N–H and O–H groups in total. The highest BCUT2D eigenvalue weighted by atomic mass is 32.2. The lowest BCUT2D eigenvalue weighted by molar-refractivity contribution is 0.0314. The van der Waals surface area contributed by atoms with Gasteiger partial charge < -0.3 is 10.5 Å². The van der Waals surface area contributed by atoms with Crippen molar-refractivity contribution in [3.8, 4) is 5.75 Å². The average Bonchev–Trinajstić information content (AvgIpc) is 2.73. The quantitative estimate of drug-likeness (QED) is 0.780. The Balaban J connectivity index is 1.60. The number of anilines is 1. The lowest BCUT2D eigenvalue weighted by Gasteiger charge is -2.58. The molecule has 1 aliphatic heterocycles. The van der Waals surface area contributed by atoms with Crippen molar-refractivity contribution in [2.75, 3.05) is 19.4 Å². The second-order valence-corrected chi connectivity index (χ2v) is 10.6. The fourth-order valence-electron chi connectivity index (χ4n) is 6.15. The lowest BCUT2D eigenvalue weighted by atomic mass is 9.53. The summed E-state index contributed by atoms with van der Waals surface area (Å²) in [7, 11) is -1.83. The van der Waals surface area contributed by atoms with Gasteiger partial charge in [-0.3, -0.25) is 0 Å². The molecule has 1 saturated heterocycles. The predicted molar refractivity (Wildman–Crippen MR) is 113 cm³/mol. The zero-order valence-electron chi connectivity index (χ0n) is 16.8. The molecule has 0 spiro atoms. The van der Waals surface area contributed by atoms with Gasteiger partial charge in [-0.2, -0.15) is 4.31 Å². The van der Waals surface area contributed by atoms with E-state index >= 15 is 0 Å². The molecule has 5 rings (SSSR count). The van der Waals surface area contributed by atoms with E-state index in [1.54, 1.807) is 35.7 Å². The van der Waals surface area contributed by atoms with E-state index in [0.717, 1.165) is 31.4 Å². The number of piperidine rings is 1. The van der Waals surface area contributed by atoms with Crippen molar-refractivity contribution < 1.29 is 13.2 Å². The third kappa shape index (κ3) is 2.80. The Morgan fingerprint density at radius 3 is 2.66 bits per heavy atom. The molecule has 2 fully saturated rings. The zero-order chi connectivity index (χ0) is 20.2. The molecule has 3 aliphatic rings. The summed E-state index contributed by atoms with van der Waals surface area (Å²) in [5, 5.41) is 0. The van der Waals surface area contributed by atoms with Crippen LogP contribution in [0.4, 0.5) is 5.69 Å². The number of nitrogens with zero attached hydrogens (tertiary/aromatic N) is 1. The Morgan fingerprint density at radius 1 is 1.10 bits per heavy atom. The SMILES string of the molecule is COc1ccc2c(c1)[C@]13CCCC[C@@H]1[C@H](C2)N(S(=O)(=O)c1ccc(N)cc1)CC3. The Labute approximate surface area is 172 Å². The van der Waals surface area contributed by atoms with E-state index < -0.39 is 10.0 Å². The van der Waals surface area contributed by atoms with Crippen LogP contribution in [0, 0.1) is 5.92 Å². The highest BCUT2D eigenvalue weighted by molar-refractivity contribution is 7.89. The van der Waals surface area contributed by atoms with Crippen LogP contribution in [0.5, 0.6) is 5.75 Å². The number of rotatable bonds is 3. The second-order valence-electron chi connectivity index (χ2n) is 8.74. The first-order valence-corrected chi connectivity index (χ1v) is 11.9. The van der Waals surface area contributed by atoms with Gasteiger partial charge in [0.15, 0.2) is 0 Å². The molecule has 5 nitrogen and oxygen atoms in total. The first kappa shape index (κ1) is 18.9. The van der Waals surface area contributed by atoms with Crippen LogP contribution in [0.2, 0.25) is 0 Å². The monoisotopic (exact) mass is 412 g/mol. The van der Waals surface area contributed by atoms with Crippen LogP contribution in [0.15, 0.2) is 47.4 Å². The van der Waals surface area contributed by atoms with Crippen LogP contribution in [0.1, 0.15) is 43.2 Å². The van der Waals surface area contributed by atoms with E-state index in [0.29, 0.717) is 23.0 Å². The van der Waals surface area contributed by atoms with Gasteiger partial charge in [-0.25, -0.2) is 8.42 Å². The first-order valence-electron chi connectivity index (χ1n) is 10.5. The summed E-state index contributed by atoms with van der Waals surface area (Å²) in [4.78, 5) is 0.343. The molecular formula is C23H28N2O3S. The average molecular weight is 413 g/mol. The molecule has 1 heterocycles. The van der Waals surface area contributed by atoms with E-state index in [2.05, 4.69) is 12.1 Å². The van der Waals surface area contributed by atoms with Crippen LogP contribution in [0.3, 0.4) is 0 Å². The normalized spacial score (nSPS) is 29.0. The summed E-state index contributed by atoms with van der Waals surface area (Å²) < 4.78 is 34.4. The highest BCUT2D eigenvalue weighted by Crippen LogP contribution is 2.56. The maximum atomic E-state index is 13.5. The minimum Gasteiger partial charge on any atom is -0.497 e. The van der Waals surface area contributed by atoms with Crippen LogP contribution in [0.25, 0.3) is 0 Å². The second kappa shape index (κ2) is 6.74. The molecule has 0 aromatic heterocycles. The third-order valence-electron chi connectivity index (χ3n) is 7.48. The molecule has 0 radical (unpaired) electrons. The van der Waals surface area contributed by atoms with Crippen molar-refractivity contribution in [1.82, 2.24) is 4.31 Å². The molecule has 29 heavy (non-hydrogen) atoms. The summed E-state index contributed by atoms with van der Waals surface area (Å²) in [6.45, 7) is 0.574. The van der Waals surface area contributed by atoms with Crippen LogP contribution in [-0.2, 0) is 21.9 Å². The smallest absolute Gasteiger partial charge is 0.243 e. The summed E-state index contributed by atoms with van der Waals surface area (Å²) in [5.41, 5.74) is 9.12. The summed E-state index contributed by atoms with van der Waals surface area (Å²) in [6.07, 6.45) is 6.28. The Bertz CT molecular complexity index is 1030. The van der Waals surface area contributed by atoms with E-state index in [4.69, 9.17) is 10.5 Å². The van der Waals surface area contributed by atoms with Gasteiger partial charge in [-0.1, -0.05) is 18.9 Å². The fraction of sp³-hybridized carbons (Fsp3) is 0.478. The minimum atomic E-state index is -3.55. The number of hydrogen-bond donors (Lipinski definition) is 1. The number of methoxy groups -OCH3 is 1. The standard InChI is InChI=1S/C23H28N2O3S/c1-28-18-8-5-16-14-22-20-4-2-3-11-23(20,21(16)15-18)12-13-25(22)29(26,27)19-9-6-17(24)7-10-19/h5-10,15,20,22H,2-4,11-14,24H2,1H3/t20-,22+,23+/m1/s1. The van der Waals surface area contributed by atoms with Crippen molar-refractivity contribution >= 4 is 15.7 Å². The van der Waals surface area contributed by atoms with Crippen molar-refractivity contribution in [1.29, 1.82) is 0 Å². The lowest BCUT2D eigenvalue weighted by Crippen LogP contribution is -2.62. The molecule has 2 aromatic rings. The maximum absolute atomic E-state index is 13.5. The van der Waals surface area contributed by atoms with E-state index in [9.17, 15) is 8.42 Å². The fourth-order valence-corrected chi connectivity index (χ4v) is 7.81. The molecule has 2 aromatic carbocycles. The zero-order valence-corrected chi connectivity index (χ0v) is 17.6. The summed E-state index contributed by atoms with van der Waals surface area (Å²) >= 11 is 0. The Morgan fingerprint density at radius 2 is 1.90 bits per heavy atom. The molecular weight excluding hydrogens is 384 g/mol. The summed E-state index contributed by atoms with van der Waals surface area (Å²) in [6, 6.07) is 13.0. The van der Waals surface area contributed by atoms with Gasteiger partial charge in [-0.15, -0.1) is 0 Å². The third-order valence-corrected chi connectivity index (χ3v) is 9.42. The van der Waals surface area contributed by atoms with E-state index in [1.807, 2.05) is 6.07 Å². The number of fused-ring (bicyclic) bond motifs is 1. The summed E-state index contributed by atoms with van der Waals surface area (Å²) in [5.74, 6) is 1.27. The van der Waals surface area contributed by atoms with Crippen molar-refractivity contribution in [2.45, 2.75) is 54.9 Å². The van der Waals surface area contributed by atoms with Crippen LogP contribution < -0.4 is 10.5 Å². The van der Waals surface area contributed by atoms with Crippen molar-refractivity contribution in [3.63, 3.8) is 0 Å². The Kier molecular flexibility index (Phi) is 4.40. The largest absolute Gasteiger partial charge is 0.497 e. The molecule has 6 heteroatoms. The molecule has 3 atom stereocenters. The minimum absolute atomic E-state index is 0.0208. The van der Waals surface area contributed by atoms with Crippen molar-refractivity contribution in [2.24, 2.45) is 5.92 Å². The molecule has 1 saturated carbocycles. The molecule has 0 amide bonds. The maximum Gasteiger partial charge on any atom is 0.243 e. The number of hydrogen-bond acceptors (Lipinski definition) is 4. The predicted octanol–water partition coefficient (Wildman–Crippen LogP) is 3.72. The first-order chi connectivity index (χ1) is 14.0. The van der Waals surface area contributed by atoms with Gasteiger partial charge >= 0.3 is 0 Å². The van der Waals surface area contributed by atoms with Gasteiger partial charge in [0, 0.05) is 23.7 Å². The molecule has 0 unspecified atom stereocenters. The number of nitrogens with two attached hydrogens (primary N) is 1. The van der Waals surface area contributed by atoms with Gasteiger partial charge in [0.2, 0.25) is 10.0 Å². The number of benzene rings is 2. The Hall–Kier alpha value is -2.05. The van der Waals surface area contributed by atoms with Crippen LogP contribution in [-0.4, -0.2) is 32.4 Å². The molecule has 2 aliphatic carbocycles. The molecule has 154 valence electrons. The van der Waals surface area contributed by atoms with Gasteiger partial charge in [0.05, 0.1) is 12.0 Å². The van der Waals surface area contributed by atoms with E-state index in [-0.39, 0.29) is 11.5 Å². The van der Waals surface area contributed by atoms with Gasteiger partial charge in [0.25, 0.3) is 0 Å². The van der Waals surface area contributed by atoms with Crippen LogP contribution >= 0.6 is 0 Å². The highest BCUT2D eigenvalue weighted by Gasteiger charge is 2.56. The topological polar surface area (TPSA) is 72.6 Å². The van der Waals surface area contributed by atoms with Gasteiger partial charge in [-0.05, 0) is 79.1 Å². The molecule has 2 bridgehead atoms. The number of sulfonamides is 1. The van der Waals surface area contributed by atoms with Crippen molar-refractivity contribution in [3.05, 3.63) is 53.6 Å². The number of ether oxygens (including phenoxy) is 1. The van der Waals surface area contributed by atoms with Gasteiger partial charge in [0.1, 0.15) is 5.75 Å². The van der Waals surface area contributed by atoms with E-state index in [1.165, 1.54) is 24.0 Å².